The second kappa shape index (κ2) is 7.13. The summed E-state index contributed by atoms with van der Waals surface area (Å²) in [6.45, 7) is 4.29. The summed E-state index contributed by atoms with van der Waals surface area (Å²) in [6.07, 6.45) is 0.294. The fraction of sp³-hybridized carbons (Fsp3) is 0.500. The van der Waals surface area contributed by atoms with Gasteiger partial charge in [-0.25, -0.2) is 4.79 Å². The molecule has 1 aromatic rings. The van der Waals surface area contributed by atoms with Gasteiger partial charge in [0.05, 0.1) is 24.6 Å². The molecule has 6 heteroatoms. The first-order chi connectivity index (χ1) is 8.58. The lowest BCUT2D eigenvalue weighted by molar-refractivity contribution is -0.117. The van der Waals surface area contributed by atoms with Crippen LogP contribution in [0.1, 0.15) is 28.6 Å². The maximum absolute atomic E-state index is 11.6. The Hall–Kier alpha value is -1.40. The van der Waals surface area contributed by atoms with Crippen LogP contribution in [0.2, 0.25) is 0 Å². The van der Waals surface area contributed by atoms with Crippen molar-refractivity contribution in [3.8, 4) is 0 Å². The summed E-state index contributed by atoms with van der Waals surface area (Å²) in [5.41, 5.74) is 0.806. The maximum atomic E-state index is 11.6. The molecule has 18 heavy (non-hydrogen) atoms. The van der Waals surface area contributed by atoms with Crippen molar-refractivity contribution < 1.29 is 19.1 Å². The van der Waals surface area contributed by atoms with Crippen molar-refractivity contribution in [2.75, 3.05) is 25.6 Å². The van der Waals surface area contributed by atoms with E-state index in [0.717, 1.165) is 5.56 Å². The van der Waals surface area contributed by atoms with Gasteiger partial charge in [0.2, 0.25) is 5.91 Å². The largest absolute Gasteiger partial charge is 0.462 e. The molecule has 0 aliphatic carbocycles. The van der Waals surface area contributed by atoms with E-state index in [2.05, 4.69) is 5.32 Å². The molecule has 0 fully saturated rings. The lowest BCUT2D eigenvalue weighted by Gasteiger charge is -2.01. The van der Waals surface area contributed by atoms with Crippen LogP contribution in [0, 0.1) is 6.92 Å². The first kappa shape index (κ1) is 14.7. The van der Waals surface area contributed by atoms with Crippen molar-refractivity contribution in [3.63, 3.8) is 0 Å². The Morgan fingerprint density at radius 3 is 2.78 bits per heavy atom. The fourth-order valence-electron chi connectivity index (χ4n) is 1.34. The lowest BCUT2D eigenvalue weighted by Crippen LogP contribution is -2.12. The number of rotatable bonds is 6. The lowest BCUT2D eigenvalue weighted by atomic mass is 10.3. The molecule has 0 spiro atoms. The number of hydrogen-bond acceptors (Lipinski definition) is 5. The number of hydrogen-bond donors (Lipinski definition) is 1. The Morgan fingerprint density at radius 2 is 2.17 bits per heavy atom. The smallest absolute Gasteiger partial charge is 0.348 e. The number of nitrogens with one attached hydrogen (secondary N) is 1. The van der Waals surface area contributed by atoms with Crippen LogP contribution in [0.3, 0.4) is 0 Å². The Labute approximate surface area is 110 Å². The van der Waals surface area contributed by atoms with E-state index in [4.69, 9.17) is 9.47 Å². The molecule has 0 saturated heterocycles. The standard InChI is InChI=1S/C12H17NO4S/c1-4-17-12(15)11-8(2)7-10(18-11)13-9(14)5-6-16-3/h7H,4-6H2,1-3H3,(H,13,14). The number of aryl methyl sites for hydroxylation is 1. The van der Waals surface area contributed by atoms with Gasteiger partial charge in [-0.2, -0.15) is 0 Å². The molecule has 0 unspecified atom stereocenters. The number of carbonyl (C=O) groups excluding carboxylic acids is 2. The minimum absolute atomic E-state index is 0.131. The first-order valence-corrected chi connectivity index (χ1v) is 6.46. The first-order valence-electron chi connectivity index (χ1n) is 5.64. The summed E-state index contributed by atoms with van der Waals surface area (Å²) >= 11 is 1.22. The van der Waals surface area contributed by atoms with Crippen LogP contribution >= 0.6 is 11.3 Å². The monoisotopic (exact) mass is 271 g/mol. The third kappa shape index (κ3) is 4.12. The molecule has 0 atom stereocenters. The van der Waals surface area contributed by atoms with E-state index in [1.807, 2.05) is 6.92 Å². The van der Waals surface area contributed by atoms with Crippen molar-refractivity contribution in [2.24, 2.45) is 0 Å². The van der Waals surface area contributed by atoms with Crippen LogP contribution in [0.15, 0.2) is 6.07 Å². The number of ether oxygens (including phenoxy) is 2. The average molecular weight is 271 g/mol. The van der Waals surface area contributed by atoms with Gasteiger partial charge in [0.15, 0.2) is 0 Å². The Balaban J connectivity index is 2.66. The van der Waals surface area contributed by atoms with Crippen molar-refractivity contribution in [1.29, 1.82) is 0 Å². The molecule has 1 heterocycles. The van der Waals surface area contributed by atoms with Gasteiger partial charge in [-0.15, -0.1) is 11.3 Å². The summed E-state index contributed by atoms with van der Waals surface area (Å²) in [5, 5.41) is 3.38. The van der Waals surface area contributed by atoms with Gasteiger partial charge >= 0.3 is 5.97 Å². The quantitative estimate of drug-likeness (QED) is 0.806. The Morgan fingerprint density at radius 1 is 1.44 bits per heavy atom. The molecular formula is C12H17NO4S. The highest BCUT2D eigenvalue weighted by molar-refractivity contribution is 7.18. The number of amides is 1. The Bertz CT molecular complexity index is 428. The molecular weight excluding hydrogens is 254 g/mol. The zero-order chi connectivity index (χ0) is 13.5. The molecule has 0 bridgehead atoms. The zero-order valence-corrected chi connectivity index (χ0v) is 11.6. The highest BCUT2D eigenvalue weighted by Crippen LogP contribution is 2.27. The predicted octanol–water partition coefficient (Wildman–Crippen LogP) is 2.21. The van der Waals surface area contributed by atoms with Crippen LogP contribution in [0.25, 0.3) is 0 Å². The summed E-state index contributed by atoms with van der Waals surface area (Å²) in [7, 11) is 1.54. The average Bonchev–Trinajstić information content (AvgIpc) is 2.68. The van der Waals surface area contributed by atoms with Gasteiger partial charge in [-0.1, -0.05) is 0 Å². The van der Waals surface area contributed by atoms with Gasteiger partial charge in [-0.3, -0.25) is 4.79 Å². The molecule has 1 aromatic heterocycles. The number of thiophene rings is 1. The number of anilines is 1. The molecule has 0 aliphatic rings. The highest BCUT2D eigenvalue weighted by atomic mass is 32.1. The second-order valence-electron chi connectivity index (χ2n) is 3.63. The molecule has 1 amide bonds. The van der Waals surface area contributed by atoms with E-state index >= 15 is 0 Å². The topological polar surface area (TPSA) is 64.6 Å². The summed E-state index contributed by atoms with van der Waals surface area (Å²) in [4.78, 5) is 23.6. The normalized spacial score (nSPS) is 10.2. The van der Waals surface area contributed by atoms with E-state index in [-0.39, 0.29) is 11.9 Å². The minimum atomic E-state index is -0.350. The number of methoxy groups -OCH3 is 1. The predicted molar refractivity (Wildman–Crippen MR) is 70.1 cm³/mol. The summed E-state index contributed by atoms with van der Waals surface area (Å²) in [6, 6.07) is 1.77. The second-order valence-corrected chi connectivity index (χ2v) is 4.69. The minimum Gasteiger partial charge on any atom is -0.462 e. The summed E-state index contributed by atoms with van der Waals surface area (Å²) < 4.78 is 9.75. The van der Waals surface area contributed by atoms with Crippen LogP contribution < -0.4 is 5.32 Å². The molecule has 0 aromatic carbocycles. The van der Waals surface area contributed by atoms with E-state index in [0.29, 0.717) is 29.5 Å². The molecule has 0 saturated carbocycles. The fourth-order valence-corrected chi connectivity index (χ4v) is 2.32. The van der Waals surface area contributed by atoms with E-state index in [1.54, 1.807) is 20.1 Å². The van der Waals surface area contributed by atoms with Gasteiger partial charge in [-0.05, 0) is 25.5 Å². The third-order valence-corrected chi connectivity index (χ3v) is 3.31. The van der Waals surface area contributed by atoms with E-state index < -0.39 is 0 Å². The van der Waals surface area contributed by atoms with Crippen molar-refractivity contribution in [1.82, 2.24) is 0 Å². The van der Waals surface area contributed by atoms with Crippen molar-refractivity contribution in [2.45, 2.75) is 20.3 Å². The van der Waals surface area contributed by atoms with Gasteiger partial charge < -0.3 is 14.8 Å². The molecule has 1 N–H and O–H groups in total. The number of esters is 1. The van der Waals surface area contributed by atoms with Crippen LogP contribution in [-0.2, 0) is 14.3 Å². The molecule has 0 radical (unpaired) electrons. The van der Waals surface area contributed by atoms with E-state index in [1.165, 1.54) is 11.3 Å². The maximum Gasteiger partial charge on any atom is 0.348 e. The van der Waals surface area contributed by atoms with E-state index in [9.17, 15) is 9.59 Å². The van der Waals surface area contributed by atoms with Crippen molar-refractivity contribution in [3.05, 3.63) is 16.5 Å². The zero-order valence-electron chi connectivity index (χ0n) is 10.7. The highest BCUT2D eigenvalue weighted by Gasteiger charge is 2.15. The molecule has 5 nitrogen and oxygen atoms in total. The molecule has 1 rings (SSSR count). The van der Waals surface area contributed by atoms with Crippen LogP contribution in [0.5, 0.6) is 0 Å². The summed E-state index contributed by atoms with van der Waals surface area (Å²) in [5.74, 6) is -0.481. The van der Waals surface area contributed by atoms with Crippen LogP contribution in [-0.4, -0.2) is 32.2 Å². The third-order valence-electron chi connectivity index (χ3n) is 2.17. The van der Waals surface area contributed by atoms with Gasteiger partial charge in [0, 0.05) is 7.11 Å². The SMILES string of the molecule is CCOC(=O)c1sc(NC(=O)CCOC)cc1C. The van der Waals surface area contributed by atoms with Crippen LogP contribution in [0.4, 0.5) is 5.00 Å². The van der Waals surface area contributed by atoms with Gasteiger partial charge in [0.25, 0.3) is 0 Å². The van der Waals surface area contributed by atoms with Crippen molar-refractivity contribution >= 4 is 28.2 Å². The van der Waals surface area contributed by atoms with Gasteiger partial charge in [0.1, 0.15) is 4.88 Å². The molecule has 0 aliphatic heterocycles. The molecule has 100 valence electrons. The number of carbonyl (C=O) groups is 2. The Kier molecular flexibility index (Phi) is 5.80.